The fourth-order valence-corrected chi connectivity index (χ4v) is 6.06. The third kappa shape index (κ3) is 4.34. The van der Waals surface area contributed by atoms with Crippen molar-refractivity contribution in [2.45, 2.75) is 24.3 Å². The molecule has 0 unspecified atom stereocenters. The number of aryl methyl sites for hydroxylation is 1. The second-order valence-corrected chi connectivity index (χ2v) is 10.2. The first-order chi connectivity index (χ1) is 14.3. The number of rotatable bonds is 5. The average molecular weight is 432 g/mol. The molecule has 2 aromatic rings. The van der Waals surface area contributed by atoms with E-state index >= 15 is 0 Å². The lowest BCUT2D eigenvalue weighted by molar-refractivity contribution is -0.123. The fraction of sp³-hybridized carbons (Fsp3) is 0.524. The largest absolute Gasteiger partial charge is 0.351 e. The van der Waals surface area contributed by atoms with Crippen LogP contribution in [0.2, 0.25) is 0 Å². The number of benzene rings is 1. The summed E-state index contributed by atoms with van der Waals surface area (Å²) < 4.78 is 28.2. The fourth-order valence-electron chi connectivity index (χ4n) is 4.27. The van der Waals surface area contributed by atoms with E-state index in [1.54, 1.807) is 24.5 Å². The van der Waals surface area contributed by atoms with Gasteiger partial charge in [0.15, 0.2) is 0 Å². The molecule has 2 fully saturated rings. The van der Waals surface area contributed by atoms with Gasteiger partial charge in [-0.2, -0.15) is 4.31 Å². The van der Waals surface area contributed by atoms with Crippen LogP contribution in [0.4, 0.5) is 0 Å². The van der Waals surface area contributed by atoms with E-state index in [-0.39, 0.29) is 11.9 Å². The summed E-state index contributed by atoms with van der Waals surface area (Å²) in [6.07, 6.45) is 4.00. The van der Waals surface area contributed by atoms with Gasteiger partial charge in [0.25, 0.3) is 0 Å². The van der Waals surface area contributed by atoms with Gasteiger partial charge in [-0.05, 0) is 32.0 Å². The van der Waals surface area contributed by atoms with Crippen molar-refractivity contribution in [2.24, 2.45) is 0 Å². The molecule has 1 atom stereocenters. The van der Waals surface area contributed by atoms with Crippen molar-refractivity contribution < 1.29 is 13.2 Å². The molecular formula is C21H29N5O3S. The van der Waals surface area contributed by atoms with Gasteiger partial charge in [0, 0.05) is 68.5 Å². The van der Waals surface area contributed by atoms with Crippen LogP contribution < -0.4 is 5.32 Å². The monoisotopic (exact) mass is 431 g/mol. The lowest BCUT2D eigenvalue weighted by Gasteiger charge is -2.32. The second-order valence-electron chi connectivity index (χ2n) is 8.31. The normalized spacial score (nSPS) is 21.9. The first kappa shape index (κ1) is 21.2. The number of fused-ring (bicyclic) bond motifs is 1. The third-order valence-electron chi connectivity index (χ3n) is 6.03. The van der Waals surface area contributed by atoms with Crippen LogP contribution >= 0.6 is 0 Å². The number of hydrogen-bond acceptors (Lipinski definition) is 6. The van der Waals surface area contributed by atoms with Gasteiger partial charge in [0.1, 0.15) is 0 Å². The van der Waals surface area contributed by atoms with Gasteiger partial charge in [0.05, 0.1) is 11.4 Å². The van der Waals surface area contributed by atoms with E-state index in [1.807, 2.05) is 13.0 Å². The summed E-state index contributed by atoms with van der Waals surface area (Å²) in [7, 11) is -1.57. The first-order valence-electron chi connectivity index (χ1n) is 10.4. The summed E-state index contributed by atoms with van der Waals surface area (Å²) in [6, 6.07) is 5.13. The summed E-state index contributed by atoms with van der Waals surface area (Å²) in [6.45, 7) is 6.63. The molecule has 0 radical (unpaired) electrons. The standard InChI is InChI=1S/C21H29N5O3S/c1-16-12-22-13-17-4-3-5-19(21(16)17)30(28,29)26-7-6-18(14-26)23-20(27)15-25-10-8-24(2)9-11-25/h3-5,12-13,18H,6-11,14-15H2,1-2H3,(H,23,27)/t18-/m0/s1. The van der Waals surface area contributed by atoms with Crippen molar-refractivity contribution in [3.63, 3.8) is 0 Å². The number of carbonyl (C=O) groups excluding carboxylic acids is 1. The summed E-state index contributed by atoms with van der Waals surface area (Å²) >= 11 is 0. The lowest BCUT2D eigenvalue weighted by Crippen LogP contribution is -2.49. The number of sulfonamides is 1. The van der Waals surface area contributed by atoms with E-state index in [9.17, 15) is 13.2 Å². The van der Waals surface area contributed by atoms with Gasteiger partial charge in [0.2, 0.25) is 15.9 Å². The summed E-state index contributed by atoms with van der Waals surface area (Å²) in [5, 5.41) is 4.56. The zero-order valence-corrected chi connectivity index (χ0v) is 18.4. The molecule has 4 rings (SSSR count). The minimum absolute atomic E-state index is 0.0316. The number of aromatic nitrogens is 1. The summed E-state index contributed by atoms with van der Waals surface area (Å²) in [5.41, 5.74) is 0.836. The predicted molar refractivity (Wildman–Crippen MR) is 116 cm³/mol. The molecule has 1 aromatic carbocycles. The van der Waals surface area contributed by atoms with Crippen molar-refractivity contribution in [1.29, 1.82) is 0 Å². The highest BCUT2D eigenvalue weighted by Crippen LogP contribution is 2.29. The third-order valence-corrected chi connectivity index (χ3v) is 7.94. The Bertz CT molecular complexity index is 1030. The Labute approximate surface area is 177 Å². The smallest absolute Gasteiger partial charge is 0.243 e. The number of piperazine rings is 1. The van der Waals surface area contributed by atoms with Gasteiger partial charge in [-0.15, -0.1) is 0 Å². The molecule has 0 aliphatic carbocycles. The molecule has 2 saturated heterocycles. The minimum Gasteiger partial charge on any atom is -0.351 e. The van der Waals surface area contributed by atoms with Crippen LogP contribution in [-0.2, 0) is 14.8 Å². The SMILES string of the molecule is Cc1cncc2cccc(S(=O)(=O)N3CC[C@H](NC(=O)CN4CCN(C)CC4)C3)c12. The average Bonchev–Trinajstić information content (AvgIpc) is 3.19. The number of nitrogens with zero attached hydrogens (tertiary/aromatic N) is 4. The Morgan fingerprint density at radius 2 is 1.93 bits per heavy atom. The molecule has 1 aromatic heterocycles. The Balaban J connectivity index is 1.42. The van der Waals surface area contributed by atoms with Gasteiger partial charge in [-0.3, -0.25) is 14.7 Å². The highest BCUT2D eigenvalue weighted by atomic mass is 32.2. The molecule has 8 nitrogen and oxygen atoms in total. The highest BCUT2D eigenvalue weighted by molar-refractivity contribution is 7.89. The molecule has 0 bridgehead atoms. The number of nitrogens with one attached hydrogen (secondary N) is 1. The molecule has 162 valence electrons. The molecule has 2 aliphatic heterocycles. The van der Waals surface area contributed by atoms with Crippen molar-refractivity contribution in [3.8, 4) is 0 Å². The van der Waals surface area contributed by atoms with E-state index in [0.29, 0.717) is 31.0 Å². The van der Waals surface area contributed by atoms with Gasteiger partial charge in [-0.1, -0.05) is 12.1 Å². The number of carbonyl (C=O) groups is 1. The minimum atomic E-state index is -3.65. The van der Waals surface area contributed by atoms with E-state index in [1.165, 1.54) is 4.31 Å². The molecule has 0 saturated carbocycles. The van der Waals surface area contributed by atoms with E-state index in [2.05, 4.69) is 27.1 Å². The lowest BCUT2D eigenvalue weighted by atomic mass is 10.1. The summed E-state index contributed by atoms with van der Waals surface area (Å²) in [5.74, 6) is -0.0316. The number of likely N-dealkylation sites (N-methyl/N-ethyl adjacent to an activating group) is 1. The maximum absolute atomic E-state index is 13.4. The van der Waals surface area contributed by atoms with Crippen LogP contribution in [0.25, 0.3) is 10.8 Å². The Hall–Kier alpha value is -2.07. The van der Waals surface area contributed by atoms with Gasteiger partial charge < -0.3 is 10.2 Å². The second kappa shape index (κ2) is 8.58. The molecule has 9 heteroatoms. The molecule has 1 amide bonds. The number of amides is 1. The van der Waals surface area contributed by atoms with E-state index < -0.39 is 10.0 Å². The molecule has 0 spiro atoms. The number of pyridine rings is 1. The Morgan fingerprint density at radius 1 is 1.17 bits per heavy atom. The van der Waals surface area contributed by atoms with E-state index in [0.717, 1.165) is 42.5 Å². The molecule has 3 heterocycles. The molecule has 30 heavy (non-hydrogen) atoms. The Morgan fingerprint density at radius 3 is 2.70 bits per heavy atom. The quantitative estimate of drug-likeness (QED) is 0.749. The highest BCUT2D eigenvalue weighted by Gasteiger charge is 2.34. The first-order valence-corrected chi connectivity index (χ1v) is 11.8. The predicted octanol–water partition coefficient (Wildman–Crippen LogP) is 0.670. The van der Waals surface area contributed by atoms with Crippen LogP contribution in [0.5, 0.6) is 0 Å². The Kier molecular flexibility index (Phi) is 6.06. The topological polar surface area (TPSA) is 85.8 Å². The maximum atomic E-state index is 13.4. The number of hydrogen-bond donors (Lipinski definition) is 1. The van der Waals surface area contributed by atoms with Crippen molar-refractivity contribution in [1.82, 2.24) is 24.4 Å². The van der Waals surface area contributed by atoms with Crippen molar-refractivity contribution in [2.75, 3.05) is 52.9 Å². The molecule has 1 N–H and O–H groups in total. The van der Waals surface area contributed by atoms with Crippen molar-refractivity contribution in [3.05, 3.63) is 36.2 Å². The van der Waals surface area contributed by atoms with Crippen LogP contribution in [0.15, 0.2) is 35.5 Å². The summed E-state index contributed by atoms with van der Waals surface area (Å²) in [4.78, 5) is 21.3. The van der Waals surface area contributed by atoms with Gasteiger partial charge >= 0.3 is 0 Å². The maximum Gasteiger partial charge on any atom is 0.243 e. The van der Waals surface area contributed by atoms with E-state index in [4.69, 9.17) is 0 Å². The van der Waals surface area contributed by atoms with Crippen molar-refractivity contribution >= 4 is 26.7 Å². The molecular weight excluding hydrogens is 402 g/mol. The van der Waals surface area contributed by atoms with Crippen LogP contribution in [0, 0.1) is 6.92 Å². The van der Waals surface area contributed by atoms with Crippen LogP contribution in [0.3, 0.4) is 0 Å². The zero-order chi connectivity index (χ0) is 21.3. The zero-order valence-electron chi connectivity index (χ0n) is 17.5. The van der Waals surface area contributed by atoms with Crippen LogP contribution in [0.1, 0.15) is 12.0 Å². The van der Waals surface area contributed by atoms with Gasteiger partial charge in [-0.25, -0.2) is 8.42 Å². The molecule has 2 aliphatic rings. The van der Waals surface area contributed by atoms with Crippen LogP contribution in [-0.4, -0.2) is 92.3 Å².